The number of rotatable bonds is 9. The standard InChI is InChI=1S/C27H27N5O3S/c1-18-5-9-20(10-6-18)26-30-31-27(32(26)22-12-7-19(2)8-13-22)36-17-25(33)29-28-16-21-11-14-23(34-3)15-24(21)35-4/h5-16H,17H2,1-4H3,(H,29,33)/b28-16-. The van der Waals surface area contributed by atoms with Crippen LogP contribution < -0.4 is 14.9 Å². The van der Waals surface area contributed by atoms with Gasteiger partial charge in [-0.3, -0.25) is 9.36 Å². The van der Waals surface area contributed by atoms with E-state index < -0.39 is 0 Å². The summed E-state index contributed by atoms with van der Waals surface area (Å²) >= 11 is 1.29. The molecule has 1 heterocycles. The minimum atomic E-state index is -0.265. The van der Waals surface area contributed by atoms with Crippen molar-refractivity contribution < 1.29 is 14.3 Å². The molecule has 36 heavy (non-hydrogen) atoms. The first-order valence-electron chi connectivity index (χ1n) is 11.2. The van der Waals surface area contributed by atoms with Crippen LogP contribution in [-0.4, -0.2) is 46.9 Å². The van der Waals surface area contributed by atoms with Gasteiger partial charge in [0.1, 0.15) is 11.5 Å². The van der Waals surface area contributed by atoms with Gasteiger partial charge in [0, 0.05) is 22.9 Å². The molecular formula is C27H27N5O3S. The van der Waals surface area contributed by atoms with E-state index in [0.29, 0.717) is 28.0 Å². The molecule has 3 aromatic carbocycles. The van der Waals surface area contributed by atoms with Crippen LogP contribution in [0.15, 0.2) is 77.0 Å². The molecule has 0 atom stereocenters. The van der Waals surface area contributed by atoms with Crippen LogP contribution in [0.5, 0.6) is 11.5 Å². The largest absolute Gasteiger partial charge is 0.497 e. The Morgan fingerprint density at radius 2 is 1.67 bits per heavy atom. The molecule has 0 fully saturated rings. The van der Waals surface area contributed by atoms with Crippen LogP contribution in [0.3, 0.4) is 0 Å². The zero-order chi connectivity index (χ0) is 25.5. The molecule has 1 amide bonds. The van der Waals surface area contributed by atoms with E-state index in [4.69, 9.17) is 9.47 Å². The molecule has 0 radical (unpaired) electrons. The van der Waals surface area contributed by atoms with Crippen molar-refractivity contribution in [2.45, 2.75) is 19.0 Å². The summed E-state index contributed by atoms with van der Waals surface area (Å²) in [6, 6.07) is 21.6. The zero-order valence-corrected chi connectivity index (χ0v) is 21.4. The first-order chi connectivity index (χ1) is 17.5. The lowest BCUT2D eigenvalue weighted by atomic mass is 10.1. The number of carbonyl (C=O) groups excluding carboxylic acids is 1. The van der Waals surface area contributed by atoms with Crippen molar-refractivity contribution in [3.05, 3.63) is 83.4 Å². The molecule has 4 aromatic rings. The number of methoxy groups -OCH3 is 2. The molecule has 0 spiro atoms. The van der Waals surface area contributed by atoms with Crippen LogP contribution in [0.2, 0.25) is 0 Å². The molecule has 0 bridgehead atoms. The number of thioether (sulfide) groups is 1. The molecule has 0 unspecified atom stereocenters. The fourth-order valence-electron chi connectivity index (χ4n) is 3.44. The molecular weight excluding hydrogens is 474 g/mol. The van der Waals surface area contributed by atoms with Gasteiger partial charge in [0.05, 0.1) is 26.2 Å². The molecule has 8 nitrogen and oxygen atoms in total. The van der Waals surface area contributed by atoms with Crippen LogP contribution in [-0.2, 0) is 4.79 Å². The Hall–Kier alpha value is -4.11. The minimum absolute atomic E-state index is 0.120. The third-order valence-electron chi connectivity index (χ3n) is 5.40. The van der Waals surface area contributed by atoms with Crippen molar-refractivity contribution in [1.29, 1.82) is 0 Å². The third kappa shape index (κ3) is 5.92. The van der Waals surface area contributed by atoms with E-state index in [2.05, 4.69) is 20.7 Å². The second-order valence-corrected chi connectivity index (χ2v) is 8.98. The van der Waals surface area contributed by atoms with Gasteiger partial charge in [-0.05, 0) is 38.1 Å². The second-order valence-electron chi connectivity index (χ2n) is 8.03. The van der Waals surface area contributed by atoms with Crippen molar-refractivity contribution in [3.63, 3.8) is 0 Å². The first-order valence-corrected chi connectivity index (χ1v) is 12.2. The number of carbonyl (C=O) groups is 1. The summed E-state index contributed by atoms with van der Waals surface area (Å²) in [4.78, 5) is 12.5. The van der Waals surface area contributed by atoms with Crippen molar-refractivity contribution >= 4 is 23.9 Å². The Morgan fingerprint density at radius 3 is 2.33 bits per heavy atom. The van der Waals surface area contributed by atoms with E-state index >= 15 is 0 Å². The summed E-state index contributed by atoms with van der Waals surface area (Å²) in [5.41, 5.74) is 7.47. The molecule has 1 N–H and O–H groups in total. The highest BCUT2D eigenvalue weighted by atomic mass is 32.2. The molecule has 4 rings (SSSR count). The number of aromatic nitrogens is 3. The Labute approximate surface area is 214 Å². The average Bonchev–Trinajstić information content (AvgIpc) is 3.32. The van der Waals surface area contributed by atoms with E-state index in [9.17, 15) is 4.79 Å². The number of aryl methyl sites for hydroxylation is 2. The van der Waals surface area contributed by atoms with Gasteiger partial charge < -0.3 is 9.47 Å². The SMILES string of the molecule is COc1ccc(/C=N\NC(=O)CSc2nnc(-c3ccc(C)cc3)n2-c2ccc(C)cc2)c(OC)c1. The number of hydrogen-bond acceptors (Lipinski definition) is 7. The highest BCUT2D eigenvalue weighted by Crippen LogP contribution is 2.28. The van der Waals surface area contributed by atoms with Crippen LogP contribution in [0.4, 0.5) is 0 Å². The Morgan fingerprint density at radius 1 is 0.972 bits per heavy atom. The summed E-state index contributed by atoms with van der Waals surface area (Å²) < 4.78 is 12.5. The quantitative estimate of drug-likeness (QED) is 0.201. The van der Waals surface area contributed by atoms with E-state index in [1.807, 2.05) is 66.9 Å². The number of ether oxygens (including phenoxy) is 2. The van der Waals surface area contributed by atoms with Gasteiger partial charge in [-0.2, -0.15) is 5.10 Å². The lowest BCUT2D eigenvalue weighted by Gasteiger charge is -2.11. The topological polar surface area (TPSA) is 90.6 Å². The van der Waals surface area contributed by atoms with E-state index in [1.165, 1.54) is 23.5 Å². The number of amides is 1. The molecule has 0 aliphatic heterocycles. The minimum Gasteiger partial charge on any atom is -0.497 e. The molecule has 0 aliphatic carbocycles. The lowest BCUT2D eigenvalue weighted by molar-refractivity contribution is -0.118. The highest BCUT2D eigenvalue weighted by Gasteiger charge is 2.17. The number of benzene rings is 3. The maximum Gasteiger partial charge on any atom is 0.250 e. The van der Waals surface area contributed by atoms with Gasteiger partial charge in [-0.1, -0.05) is 59.3 Å². The normalized spacial score (nSPS) is 11.0. The van der Waals surface area contributed by atoms with Crippen LogP contribution in [0.25, 0.3) is 17.1 Å². The maximum absolute atomic E-state index is 12.5. The molecule has 0 saturated carbocycles. The highest BCUT2D eigenvalue weighted by molar-refractivity contribution is 7.99. The van der Waals surface area contributed by atoms with E-state index in [1.54, 1.807) is 32.4 Å². The maximum atomic E-state index is 12.5. The zero-order valence-electron chi connectivity index (χ0n) is 20.6. The van der Waals surface area contributed by atoms with Gasteiger partial charge >= 0.3 is 0 Å². The Bertz CT molecular complexity index is 1370. The summed E-state index contributed by atoms with van der Waals surface area (Å²) in [7, 11) is 3.15. The van der Waals surface area contributed by atoms with Crippen LogP contribution in [0.1, 0.15) is 16.7 Å². The van der Waals surface area contributed by atoms with E-state index in [0.717, 1.165) is 16.8 Å². The summed E-state index contributed by atoms with van der Waals surface area (Å²) in [5, 5.41) is 13.5. The predicted molar refractivity (Wildman–Crippen MR) is 142 cm³/mol. The molecule has 184 valence electrons. The fourth-order valence-corrected chi connectivity index (χ4v) is 4.19. The number of hydrogen-bond donors (Lipinski definition) is 1. The Balaban J connectivity index is 1.49. The van der Waals surface area contributed by atoms with Crippen molar-refractivity contribution in [2.24, 2.45) is 5.10 Å². The second kappa shape index (κ2) is 11.5. The van der Waals surface area contributed by atoms with Gasteiger partial charge in [0.15, 0.2) is 11.0 Å². The summed E-state index contributed by atoms with van der Waals surface area (Å²) in [5.74, 6) is 1.84. The van der Waals surface area contributed by atoms with Gasteiger partial charge in [0.2, 0.25) is 0 Å². The predicted octanol–water partition coefficient (Wildman–Crippen LogP) is 4.81. The van der Waals surface area contributed by atoms with Crippen molar-refractivity contribution in [2.75, 3.05) is 20.0 Å². The Kier molecular flexibility index (Phi) is 8.02. The first kappa shape index (κ1) is 25.0. The smallest absolute Gasteiger partial charge is 0.250 e. The molecule has 9 heteroatoms. The van der Waals surface area contributed by atoms with Gasteiger partial charge in [-0.25, -0.2) is 5.43 Å². The van der Waals surface area contributed by atoms with Crippen molar-refractivity contribution in [3.8, 4) is 28.6 Å². The van der Waals surface area contributed by atoms with Crippen LogP contribution >= 0.6 is 11.8 Å². The lowest BCUT2D eigenvalue weighted by Crippen LogP contribution is -2.20. The average molecular weight is 502 g/mol. The number of nitrogens with one attached hydrogen (secondary N) is 1. The van der Waals surface area contributed by atoms with E-state index in [-0.39, 0.29) is 11.7 Å². The van der Waals surface area contributed by atoms with Crippen molar-refractivity contribution in [1.82, 2.24) is 20.2 Å². The fraction of sp³-hybridized carbons (Fsp3) is 0.185. The monoisotopic (exact) mass is 501 g/mol. The number of nitrogens with zero attached hydrogens (tertiary/aromatic N) is 4. The van der Waals surface area contributed by atoms with Gasteiger partial charge in [0.25, 0.3) is 5.91 Å². The number of hydrazone groups is 1. The summed E-state index contributed by atoms with van der Waals surface area (Å²) in [6.07, 6.45) is 1.53. The van der Waals surface area contributed by atoms with Gasteiger partial charge in [-0.15, -0.1) is 10.2 Å². The third-order valence-corrected chi connectivity index (χ3v) is 6.33. The molecule has 1 aromatic heterocycles. The molecule has 0 aliphatic rings. The van der Waals surface area contributed by atoms with Crippen LogP contribution in [0, 0.1) is 13.8 Å². The summed E-state index contributed by atoms with van der Waals surface area (Å²) in [6.45, 7) is 4.08. The molecule has 0 saturated heterocycles.